The summed E-state index contributed by atoms with van der Waals surface area (Å²) in [6, 6.07) is 9.90. The van der Waals surface area contributed by atoms with Gasteiger partial charge in [0.15, 0.2) is 0 Å². The smallest absolute Gasteiger partial charge is 0.473 e. The molecule has 2 aliphatic heterocycles. The SMILES string of the molecule is O=[N+]([O-])c1ncnc(N2CCN(c3cccc(OCC4COC(Cn5cncn5)(c5cc(Br)cs5)O4)c3)CC2)n1. The van der Waals surface area contributed by atoms with Crippen molar-refractivity contribution in [1.29, 1.82) is 0 Å². The Kier molecular flexibility index (Phi) is 7.55. The van der Waals surface area contributed by atoms with Crippen molar-refractivity contribution in [2.24, 2.45) is 0 Å². The molecule has 208 valence electrons. The fraction of sp³-hybridized carbons (Fsp3) is 0.375. The van der Waals surface area contributed by atoms with Crippen LogP contribution in [0.5, 0.6) is 5.75 Å². The van der Waals surface area contributed by atoms with Crippen LogP contribution in [0, 0.1) is 10.1 Å². The van der Waals surface area contributed by atoms with E-state index in [4.69, 9.17) is 14.2 Å². The Morgan fingerprint density at radius 2 is 2.02 bits per heavy atom. The summed E-state index contributed by atoms with van der Waals surface area (Å²) in [6.45, 7) is 3.70. The van der Waals surface area contributed by atoms with E-state index in [-0.39, 0.29) is 6.10 Å². The first-order chi connectivity index (χ1) is 19.5. The first kappa shape index (κ1) is 26.5. The largest absolute Gasteiger partial charge is 0.491 e. The average molecular weight is 630 g/mol. The van der Waals surface area contributed by atoms with Crippen molar-refractivity contribution in [2.45, 2.75) is 18.4 Å². The number of nitrogens with zero attached hydrogens (tertiary/aromatic N) is 9. The summed E-state index contributed by atoms with van der Waals surface area (Å²) in [7, 11) is 0. The van der Waals surface area contributed by atoms with Gasteiger partial charge in [-0.15, -0.1) is 11.3 Å². The van der Waals surface area contributed by atoms with Crippen LogP contribution in [0.15, 0.2) is 59.2 Å². The highest BCUT2D eigenvalue weighted by atomic mass is 79.9. The van der Waals surface area contributed by atoms with E-state index in [0.29, 0.717) is 51.9 Å². The number of ether oxygens (including phenoxy) is 3. The minimum Gasteiger partial charge on any atom is -0.491 e. The lowest BCUT2D eigenvalue weighted by molar-refractivity contribution is -0.394. The number of halogens is 1. The number of hydrogen-bond acceptors (Lipinski definition) is 13. The van der Waals surface area contributed by atoms with Crippen LogP contribution >= 0.6 is 27.3 Å². The summed E-state index contributed by atoms with van der Waals surface area (Å²) in [4.78, 5) is 31.1. The molecule has 1 aromatic carbocycles. The van der Waals surface area contributed by atoms with Gasteiger partial charge in [-0.1, -0.05) is 11.1 Å². The number of nitro groups is 1. The molecule has 2 unspecified atom stereocenters. The predicted octanol–water partition coefficient (Wildman–Crippen LogP) is 2.87. The highest BCUT2D eigenvalue weighted by molar-refractivity contribution is 9.10. The van der Waals surface area contributed by atoms with E-state index in [1.54, 1.807) is 22.3 Å². The van der Waals surface area contributed by atoms with Crippen molar-refractivity contribution in [3.63, 3.8) is 0 Å². The molecule has 5 heterocycles. The Morgan fingerprint density at radius 1 is 1.18 bits per heavy atom. The van der Waals surface area contributed by atoms with Crippen molar-refractivity contribution in [1.82, 2.24) is 29.7 Å². The van der Waals surface area contributed by atoms with Gasteiger partial charge < -0.3 is 34.1 Å². The Balaban J connectivity index is 1.06. The van der Waals surface area contributed by atoms with Gasteiger partial charge in [0.05, 0.1) is 11.5 Å². The van der Waals surface area contributed by atoms with Crippen molar-refractivity contribution in [3.8, 4) is 5.75 Å². The minimum atomic E-state index is -0.973. The summed E-state index contributed by atoms with van der Waals surface area (Å²) >= 11 is 5.07. The lowest BCUT2D eigenvalue weighted by Crippen LogP contribution is -2.47. The first-order valence-corrected chi connectivity index (χ1v) is 14.1. The van der Waals surface area contributed by atoms with Crippen LogP contribution in [-0.2, 0) is 21.8 Å². The number of benzene rings is 1. The van der Waals surface area contributed by atoms with Crippen molar-refractivity contribution in [3.05, 3.63) is 74.2 Å². The molecule has 2 atom stereocenters. The average Bonchev–Trinajstić information content (AvgIpc) is 3.75. The topological polar surface area (TPSA) is 147 Å². The molecule has 0 saturated carbocycles. The second-order valence-corrected chi connectivity index (χ2v) is 11.0. The van der Waals surface area contributed by atoms with Crippen LogP contribution < -0.4 is 14.5 Å². The van der Waals surface area contributed by atoms with Gasteiger partial charge in [0.1, 0.15) is 37.7 Å². The highest BCUT2D eigenvalue weighted by Crippen LogP contribution is 2.40. The van der Waals surface area contributed by atoms with Crippen molar-refractivity contribution < 1.29 is 19.1 Å². The molecule has 0 N–H and O–H groups in total. The third kappa shape index (κ3) is 5.74. The predicted molar refractivity (Wildman–Crippen MR) is 147 cm³/mol. The Hall–Kier alpha value is -3.73. The molecule has 0 radical (unpaired) electrons. The highest BCUT2D eigenvalue weighted by Gasteiger charge is 2.45. The molecule has 6 rings (SSSR count). The summed E-state index contributed by atoms with van der Waals surface area (Å²) in [5, 5.41) is 17.2. The van der Waals surface area contributed by atoms with Crippen LogP contribution in [0.25, 0.3) is 0 Å². The maximum atomic E-state index is 11.0. The van der Waals surface area contributed by atoms with E-state index in [1.165, 1.54) is 12.7 Å². The molecule has 0 aliphatic carbocycles. The third-order valence-corrected chi connectivity index (χ3v) is 8.35. The molecule has 0 spiro atoms. The molecule has 4 aromatic rings. The zero-order valence-electron chi connectivity index (χ0n) is 21.1. The Labute approximate surface area is 240 Å². The molecule has 2 fully saturated rings. The van der Waals surface area contributed by atoms with E-state index in [1.807, 2.05) is 40.6 Å². The molecular weight excluding hydrogens is 606 g/mol. The van der Waals surface area contributed by atoms with Gasteiger partial charge in [0.2, 0.25) is 12.1 Å². The first-order valence-electron chi connectivity index (χ1n) is 12.4. The standard InChI is InChI=1S/C24H24BrN9O5S/c25-17-8-21(40-12-17)24(13-33-16-26-14-29-33)38-11-20(39-24)10-37-19-3-1-2-18(9-19)31-4-6-32(7-5-31)22-27-15-28-23(30-22)34(35)36/h1-3,8-9,12,14-16,20H,4-7,10-11,13H2. The van der Waals surface area contributed by atoms with Gasteiger partial charge >= 0.3 is 11.9 Å². The van der Waals surface area contributed by atoms with Gasteiger partial charge in [-0.25, -0.2) is 9.67 Å². The minimum absolute atomic E-state index is 0.277. The van der Waals surface area contributed by atoms with Gasteiger partial charge in [-0.2, -0.15) is 10.1 Å². The second-order valence-electron chi connectivity index (χ2n) is 9.15. The number of piperazine rings is 1. The van der Waals surface area contributed by atoms with Crippen LogP contribution in [0.2, 0.25) is 0 Å². The maximum Gasteiger partial charge on any atom is 0.473 e. The van der Waals surface area contributed by atoms with Gasteiger partial charge in [-0.3, -0.25) is 0 Å². The third-order valence-electron chi connectivity index (χ3n) is 6.53. The van der Waals surface area contributed by atoms with Crippen LogP contribution in [0.4, 0.5) is 17.6 Å². The normalized spacial score (nSPS) is 21.1. The summed E-state index contributed by atoms with van der Waals surface area (Å²) in [5.74, 6) is -0.386. The number of rotatable bonds is 9. The molecule has 3 aromatic heterocycles. The van der Waals surface area contributed by atoms with Gasteiger partial charge in [0.25, 0.3) is 0 Å². The number of thiophene rings is 1. The molecule has 2 aliphatic rings. The molecular formula is C24H24BrN9O5S. The summed E-state index contributed by atoms with van der Waals surface area (Å²) in [5.41, 5.74) is 1.02. The summed E-state index contributed by atoms with van der Waals surface area (Å²) in [6.07, 6.45) is 4.02. The van der Waals surface area contributed by atoms with Crippen LogP contribution in [0.3, 0.4) is 0 Å². The second kappa shape index (κ2) is 11.4. The molecule has 40 heavy (non-hydrogen) atoms. The van der Waals surface area contributed by atoms with Crippen molar-refractivity contribution >= 4 is 44.9 Å². The van der Waals surface area contributed by atoms with E-state index in [2.05, 4.69) is 45.9 Å². The monoisotopic (exact) mass is 629 g/mol. The lowest BCUT2D eigenvalue weighted by Gasteiger charge is -2.35. The van der Waals surface area contributed by atoms with Gasteiger partial charge in [0, 0.05) is 47.8 Å². The van der Waals surface area contributed by atoms with E-state index < -0.39 is 16.7 Å². The molecule has 0 bridgehead atoms. The quantitative estimate of drug-likeness (QED) is 0.198. The number of aromatic nitrogens is 6. The maximum absolute atomic E-state index is 11.0. The molecule has 14 nitrogen and oxygen atoms in total. The molecule has 2 saturated heterocycles. The van der Waals surface area contributed by atoms with E-state index in [0.717, 1.165) is 20.8 Å². The molecule has 0 amide bonds. The Morgan fingerprint density at radius 3 is 2.77 bits per heavy atom. The zero-order valence-corrected chi connectivity index (χ0v) is 23.5. The number of hydrogen-bond donors (Lipinski definition) is 0. The zero-order chi connectivity index (χ0) is 27.5. The number of anilines is 2. The fourth-order valence-corrected chi connectivity index (χ4v) is 6.14. The van der Waals surface area contributed by atoms with E-state index >= 15 is 0 Å². The fourth-order valence-electron chi connectivity index (χ4n) is 4.62. The van der Waals surface area contributed by atoms with Gasteiger partial charge in [-0.05, 0) is 44.0 Å². The van der Waals surface area contributed by atoms with Crippen molar-refractivity contribution in [2.75, 3.05) is 49.2 Å². The Bertz CT molecular complexity index is 1470. The molecule has 16 heteroatoms. The lowest BCUT2D eigenvalue weighted by atomic mass is 10.2. The van der Waals surface area contributed by atoms with Crippen LogP contribution in [0.1, 0.15) is 4.88 Å². The summed E-state index contributed by atoms with van der Waals surface area (Å²) < 4.78 is 21.5. The van der Waals surface area contributed by atoms with Crippen LogP contribution in [-0.4, -0.2) is 80.1 Å². The van der Waals surface area contributed by atoms with E-state index in [9.17, 15) is 10.1 Å².